The van der Waals surface area contributed by atoms with Crippen LogP contribution in [0.2, 0.25) is 0 Å². The van der Waals surface area contributed by atoms with Gasteiger partial charge >= 0.3 is 0 Å². The fourth-order valence-corrected chi connectivity index (χ4v) is 1.44. The predicted octanol–water partition coefficient (Wildman–Crippen LogP) is 0.166. The second kappa shape index (κ2) is 4.25. The highest BCUT2D eigenvalue weighted by Crippen LogP contribution is 2.12. The molecule has 0 unspecified atom stereocenters. The molecule has 0 aliphatic carbocycles. The molecular formula is C11H12N4O2. The quantitative estimate of drug-likeness (QED) is 0.702. The number of aromatic amines is 1. The highest BCUT2D eigenvalue weighted by atomic mass is 16.2. The summed E-state index contributed by atoms with van der Waals surface area (Å²) in [5, 5.41) is 9.99. The number of H-pyrrole nitrogens is 1. The van der Waals surface area contributed by atoms with Crippen LogP contribution in [0.25, 0.3) is 10.9 Å². The lowest BCUT2D eigenvalue weighted by Crippen LogP contribution is -2.42. The van der Waals surface area contributed by atoms with Gasteiger partial charge in [0.05, 0.1) is 11.7 Å². The Morgan fingerprint density at radius 3 is 2.94 bits per heavy atom. The maximum atomic E-state index is 11.8. The molecule has 0 aliphatic heterocycles. The lowest BCUT2D eigenvalue weighted by Gasteiger charge is -2.09. The fraction of sp³-hybridized carbons (Fsp3) is 0.182. The fourth-order valence-electron chi connectivity index (χ4n) is 1.44. The van der Waals surface area contributed by atoms with Gasteiger partial charge in [0.15, 0.2) is 0 Å². The Balaban J connectivity index is 2.21. The Morgan fingerprint density at radius 2 is 2.24 bits per heavy atom. The Bertz CT molecular complexity index is 576. The van der Waals surface area contributed by atoms with E-state index in [2.05, 4.69) is 15.5 Å². The number of aromatic nitrogens is 2. The molecule has 0 saturated carbocycles. The monoisotopic (exact) mass is 232 g/mol. The van der Waals surface area contributed by atoms with Gasteiger partial charge in [-0.05, 0) is 25.1 Å². The lowest BCUT2D eigenvalue weighted by atomic mass is 10.1. The zero-order chi connectivity index (χ0) is 12.4. The van der Waals surface area contributed by atoms with Gasteiger partial charge in [0, 0.05) is 10.9 Å². The van der Waals surface area contributed by atoms with Crippen molar-refractivity contribution >= 4 is 22.7 Å². The van der Waals surface area contributed by atoms with Gasteiger partial charge in [-0.3, -0.25) is 14.7 Å². The molecule has 1 atom stereocenters. The van der Waals surface area contributed by atoms with Gasteiger partial charge in [-0.25, -0.2) is 0 Å². The minimum atomic E-state index is -0.692. The first-order chi connectivity index (χ1) is 8.08. The van der Waals surface area contributed by atoms with E-state index in [-0.39, 0.29) is 5.91 Å². The third kappa shape index (κ3) is 2.25. The molecule has 4 N–H and O–H groups in total. The molecule has 2 rings (SSSR count). The van der Waals surface area contributed by atoms with E-state index in [4.69, 9.17) is 5.73 Å². The molecule has 1 aromatic carbocycles. The molecule has 0 aliphatic rings. The van der Waals surface area contributed by atoms with Gasteiger partial charge in [0.25, 0.3) is 5.91 Å². The number of amides is 2. The minimum absolute atomic E-state index is 0.334. The average Bonchev–Trinajstić information content (AvgIpc) is 2.75. The van der Waals surface area contributed by atoms with E-state index in [1.165, 1.54) is 6.92 Å². The number of fused-ring (bicyclic) bond motifs is 1. The summed E-state index contributed by atoms with van der Waals surface area (Å²) in [7, 11) is 0. The van der Waals surface area contributed by atoms with Crippen molar-refractivity contribution in [2.45, 2.75) is 13.0 Å². The molecule has 2 aromatic rings. The van der Waals surface area contributed by atoms with Gasteiger partial charge < -0.3 is 11.1 Å². The van der Waals surface area contributed by atoms with Crippen LogP contribution in [0.3, 0.4) is 0 Å². The van der Waals surface area contributed by atoms with Gasteiger partial charge in [-0.1, -0.05) is 0 Å². The van der Waals surface area contributed by atoms with Crippen molar-refractivity contribution in [2.75, 3.05) is 0 Å². The Hall–Kier alpha value is -2.37. The molecule has 1 aromatic heterocycles. The number of hydrogen-bond acceptors (Lipinski definition) is 3. The topological polar surface area (TPSA) is 101 Å². The molecule has 17 heavy (non-hydrogen) atoms. The molecular weight excluding hydrogens is 220 g/mol. The van der Waals surface area contributed by atoms with E-state index >= 15 is 0 Å². The molecule has 2 amide bonds. The van der Waals surface area contributed by atoms with E-state index in [1.54, 1.807) is 24.4 Å². The van der Waals surface area contributed by atoms with Crippen LogP contribution in [0.4, 0.5) is 0 Å². The second-order valence-corrected chi connectivity index (χ2v) is 3.77. The molecule has 88 valence electrons. The number of hydrogen-bond donors (Lipinski definition) is 3. The van der Waals surface area contributed by atoms with Gasteiger partial charge in [-0.15, -0.1) is 0 Å². The first-order valence-corrected chi connectivity index (χ1v) is 5.11. The van der Waals surface area contributed by atoms with E-state index in [0.717, 1.165) is 10.9 Å². The van der Waals surface area contributed by atoms with E-state index in [0.29, 0.717) is 5.56 Å². The van der Waals surface area contributed by atoms with Crippen LogP contribution in [-0.2, 0) is 4.79 Å². The third-order valence-electron chi connectivity index (χ3n) is 2.48. The van der Waals surface area contributed by atoms with Gasteiger partial charge in [-0.2, -0.15) is 5.10 Å². The van der Waals surface area contributed by atoms with Crippen LogP contribution in [0.1, 0.15) is 17.3 Å². The number of primary amides is 1. The number of carbonyl (C=O) groups excluding carboxylic acids is 2. The predicted molar refractivity (Wildman–Crippen MR) is 62.2 cm³/mol. The van der Waals surface area contributed by atoms with Crippen LogP contribution in [0.5, 0.6) is 0 Å². The van der Waals surface area contributed by atoms with Gasteiger partial charge in [0.2, 0.25) is 5.91 Å². The van der Waals surface area contributed by atoms with Gasteiger partial charge in [0.1, 0.15) is 6.04 Å². The number of nitrogens with two attached hydrogens (primary N) is 1. The van der Waals surface area contributed by atoms with Crippen molar-refractivity contribution in [1.29, 1.82) is 0 Å². The summed E-state index contributed by atoms with van der Waals surface area (Å²) in [6.07, 6.45) is 1.63. The van der Waals surface area contributed by atoms with E-state index in [1.807, 2.05) is 0 Å². The zero-order valence-electron chi connectivity index (χ0n) is 9.23. The standard InChI is InChI=1S/C11H12N4O2/c1-6(10(12)16)14-11(17)7-2-3-9-8(4-7)5-13-15-9/h2-6H,1H3,(H2,12,16)(H,13,15)(H,14,17)/t6-/m0/s1. The van der Waals surface area contributed by atoms with Crippen molar-refractivity contribution in [3.8, 4) is 0 Å². The molecule has 0 saturated heterocycles. The summed E-state index contributed by atoms with van der Waals surface area (Å²) < 4.78 is 0. The SMILES string of the molecule is C[C@H](NC(=O)c1ccc2[nH]ncc2c1)C(N)=O. The Kier molecular flexibility index (Phi) is 2.78. The number of carbonyl (C=O) groups is 2. The number of nitrogens with one attached hydrogen (secondary N) is 2. The van der Waals surface area contributed by atoms with Crippen molar-refractivity contribution < 1.29 is 9.59 Å². The molecule has 0 fully saturated rings. The highest BCUT2D eigenvalue weighted by molar-refractivity contribution is 5.99. The summed E-state index contributed by atoms with van der Waals surface area (Å²) in [5.41, 5.74) is 6.38. The van der Waals surface area contributed by atoms with E-state index in [9.17, 15) is 9.59 Å². The summed E-state index contributed by atoms with van der Waals surface area (Å²) in [6.45, 7) is 1.54. The lowest BCUT2D eigenvalue weighted by molar-refractivity contribution is -0.119. The maximum absolute atomic E-state index is 11.8. The second-order valence-electron chi connectivity index (χ2n) is 3.77. The van der Waals surface area contributed by atoms with Crippen molar-refractivity contribution in [2.24, 2.45) is 5.73 Å². The van der Waals surface area contributed by atoms with Crippen molar-refractivity contribution in [3.63, 3.8) is 0 Å². The normalized spacial score (nSPS) is 12.3. The largest absolute Gasteiger partial charge is 0.368 e. The minimum Gasteiger partial charge on any atom is -0.368 e. The molecule has 6 heteroatoms. The number of rotatable bonds is 3. The average molecular weight is 232 g/mol. The molecule has 0 spiro atoms. The molecule has 1 heterocycles. The number of nitrogens with zero attached hydrogens (tertiary/aromatic N) is 1. The van der Waals surface area contributed by atoms with Crippen LogP contribution in [0, 0.1) is 0 Å². The van der Waals surface area contributed by atoms with Crippen LogP contribution in [-0.4, -0.2) is 28.1 Å². The van der Waals surface area contributed by atoms with Crippen molar-refractivity contribution in [1.82, 2.24) is 15.5 Å². The first kappa shape index (κ1) is 11.1. The summed E-state index contributed by atoms with van der Waals surface area (Å²) >= 11 is 0. The van der Waals surface area contributed by atoms with E-state index < -0.39 is 11.9 Å². The van der Waals surface area contributed by atoms with Crippen LogP contribution >= 0.6 is 0 Å². The summed E-state index contributed by atoms with van der Waals surface area (Å²) in [5.74, 6) is -0.901. The smallest absolute Gasteiger partial charge is 0.251 e. The highest BCUT2D eigenvalue weighted by Gasteiger charge is 2.13. The Labute approximate surface area is 97.2 Å². The summed E-state index contributed by atoms with van der Waals surface area (Å²) in [4.78, 5) is 22.6. The van der Waals surface area contributed by atoms with Crippen LogP contribution in [0.15, 0.2) is 24.4 Å². The summed E-state index contributed by atoms with van der Waals surface area (Å²) in [6, 6.07) is 4.42. The molecule has 6 nitrogen and oxygen atoms in total. The zero-order valence-corrected chi connectivity index (χ0v) is 9.23. The third-order valence-corrected chi connectivity index (χ3v) is 2.48. The molecule has 0 radical (unpaired) electrons. The maximum Gasteiger partial charge on any atom is 0.251 e. The van der Waals surface area contributed by atoms with Crippen LogP contribution < -0.4 is 11.1 Å². The number of benzene rings is 1. The molecule has 0 bridgehead atoms. The Morgan fingerprint density at radius 1 is 1.47 bits per heavy atom. The van der Waals surface area contributed by atoms with Crippen molar-refractivity contribution in [3.05, 3.63) is 30.0 Å². The first-order valence-electron chi connectivity index (χ1n) is 5.11.